The zero-order chi connectivity index (χ0) is 19.7. The number of aryl methyl sites for hydroxylation is 1. The first-order valence-corrected chi connectivity index (χ1v) is 8.96. The largest absolute Gasteiger partial charge is 0.320 e. The van der Waals surface area contributed by atoms with Crippen LogP contribution in [0.25, 0.3) is 10.9 Å². The second-order valence-corrected chi connectivity index (χ2v) is 6.76. The molecule has 2 heterocycles. The van der Waals surface area contributed by atoms with Crippen LogP contribution in [0.2, 0.25) is 5.02 Å². The number of nitrogens with zero attached hydrogens (tertiary/aromatic N) is 4. The first-order valence-electron chi connectivity index (χ1n) is 8.58. The van der Waals surface area contributed by atoms with E-state index in [1.165, 1.54) is 12.3 Å². The van der Waals surface area contributed by atoms with E-state index in [9.17, 15) is 8.78 Å². The molecule has 0 unspecified atom stereocenters. The molecule has 0 saturated heterocycles. The van der Waals surface area contributed by atoms with Crippen molar-refractivity contribution in [1.29, 1.82) is 0 Å². The molecule has 0 bridgehead atoms. The molecule has 0 fully saturated rings. The summed E-state index contributed by atoms with van der Waals surface area (Å²) < 4.78 is 27.8. The predicted octanol–water partition coefficient (Wildman–Crippen LogP) is 5.60. The normalized spacial score (nSPS) is 11.0. The fourth-order valence-electron chi connectivity index (χ4n) is 3.01. The summed E-state index contributed by atoms with van der Waals surface area (Å²) in [5.74, 6) is -1.27. The summed E-state index contributed by atoms with van der Waals surface area (Å²) in [6.45, 7) is 2.20. The summed E-state index contributed by atoms with van der Waals surface area (Å²) in [5.41, 5.74) is 2.37. The fraction of sp³-hybridized carbons (Fsp3) is 0.0952. The monoisotopic (exact) mass is 396 g/mol. The number of halogens is 3. The van der Waals surface area contributed by atoms with Crippen molar-refractivity contribution >= 4 is 34.0 Å². The maximum Gasteiger partial charge on any atom is 0.184 e. The lowest BCUT2D eigenvalue weighted by atomic mass is 10.1. The van der Waals surface area contributed by atoms with Gasteiger partial charge in [0, 0.05) is 22.3 Å². The van der Waals surface area contributed by atoms with Gasteiger partial charge in [-0.1, -0.05) is 17.7 Å². The summed E-state index contributed by atoms with van der Waals surface area (Å²) in [5, 5.41) is 9.52. The average molecular weight is 397 g/mol. The number of benzene rings is 2. The van der Waals surface area contributed by atoms with Crippen molar-refractivity contribution in [3.8, 4) is 0 Å². The molecule has 28 heavy (non-hydrogen) atoms. The number of hydrogen-bond acceptors (Lipinski definition) is 4. The Morgan fingerprint density at radius 3 is 2.61 bits per heavy atom. The zero-order valence-corrected chi connectivity index (χ0v) is 15.7. The first-order chi connectivity index (χ1) is 13.5. The van der Waals surface area contributed by atoms with E-state index in [1.807, 2.05) is 42.2 Å². The second kappa shape index (κ2) is 7.48. The number of rotatable bonds is 4. The van der Waals surface area contributed by atoms with Gasteiger partial charge >= 0.3 is 0 Å². The van der Waals surface area contributed by atoms with E-state index in [2.05, 4.69) is 15.2 Å². The van der Waals surface area contributed by atoms with Gasteiger partial charge in [-0.15, -0.1) is 5.10 Å². The topological polar surface area (TPSA) is 41.9 Å². The van der Waals surface area contributed by atoms with Crippen molar-refractivity contribution in [2.75, 3.05) is 4.90 Å². The van der Waals surface area contributed by atoms with Gasteiger partial charge in [-0.3, -0.25) is 4.98 Å². The Morgan fingerprint density at radius 1 is 1.00 bits per heavy atom. The van der Waals surface area contributed by atoms with Gasteiger partial charge in [-0.25, -0.2) is 8.78 Å². The molecule has 0 aliphatic rings. The molecule has 4 nitrogen and oxygen atoms in total. The van der Waals surface area contributed by atoms with E-state index in [0.29, 0.717) is 22.8 Å². The minimum atomic E-state index is -0.955. The van der Waals surface area contributed by atoms with E-state index < -0.39 is 11.6 Å². The fourth-order valence-corrected chi connectivity index (χ4v) is 3.19. The Hall–Kier alpha value is -3.12. The van der Waals surface area contributed by atoms with Gasteiger partial charge in [0.2, 0.25) is 0 Å². The van der Waals surface area contributed by atoms with Crippen LogP contribution in [0.5, 0.6) is 0 Å². The van der Waals surface area contributed by atoms with Crippen LogP contribution in [-0.2, 0) is 6.54 Å². The lowest BCUT2D eigenvalue weighted by Crippen LogP contribution is -2.18. The molecule has 7 heteroatoms. The standard InChI is InChI=1S/C21H15ClF2N4/c1-13-5-8-19(27-26-13)28(16-4-2-3-15(22)11-16)12-14-9-10-25-21-17(14)6-7-18(23)20(21)24/h2-11H,12H2,1H3. The van der Waals surface area contributed by atoms with Crippen LogP contribution in [0.1, 0.15) is 11.3 Å². The highest BCUT2D eigenvalue weighted by Gasteiger charge is 2.16. The Balaban J connectivity index is 1.83. The lowest BCUT2D eigenvalue weighted by Gasteiger charge is -2.24. The quantitative estimate of drug-likeness (QED) is 0.450. The molecule has 2 aromatic heterocycles. The van der Waals surface area contributed by atoms with Crippen molar-refractivity contribution in [2.45, 2.75) is 13.5 Å². The third-order valence-electron chi connectivity index (χ3n) is 4.40. The third kappa shape index (κ3) is 3.51. The predicted molar refractivity (Wildman–Crippen MR) is 106 cm³/mol. The molecule has 0 aliphatic carbocycles. The Bertz CT molecular complexity index is 1150. The van der Waals surface area contributed by atoms with E-state index in [1.54, 1.807) is 12.1 Å². The number of fused-ring (bicyclic) bond motifs is 1. The first kappa shape index (κ1) is 18.3. The molecule has 4 rings (SSSR count). The molecule has 140 valence electrons. The zero-order valence-electron chi connectivity index (χ0n) is 14.9. The molecule has 0 spiro atoms. The van der Waals surface area contributed by atoms with Crippen LogP contribution >= 0.6 is 11.6 Å². The number of anilines is 2. The van der Waals surface area contributed by atoms with Gasteiger partial charge < -0.3 is 4.90 Å². The van der Waals surface area contributed by atoms with Crippen LogP contribution in [-0.4, -0.2) is 15.2 Å². The highest BCUT2D eigenvalue weighted by atomic mass is 35.5. The van der Waals surface area contributed by atoms with Crippen LogP contribution in [0.4, 0.5) is 20.3 Å². The number of aromatic nitrogens is 3. The molecule has 0 aliphatic heterocycles. The van der Waals surface area contributed by atoms with Crippen molar-refractivity contribution in [2.24, 2.45) is 0 Å². The van der Waals surface area contributed by atoms with Crippen LogP contribution < -0.4 is 4.90 Å². The second-order valence-electron chi connectivity index (χ2n) is 6.33. The molecular formula is C21H15ClF2N4. The maximum atomic E-state index is 14.2. The lowest BCUT2D eigenvalue weighted by molar-refractivity contribution is 0.515. The molecule has 0 saturated carbocycles. The minimum absolute atomic E-state index is 0.00136. The van der Waals surface area contributed by atoms with E-state index >= 15 is 0 Å². The highest BCUT2D eigenvalue weighted by molar-refractivity contribution is 6.30. The van der Waals surface area contributed by atoms with Crippen molar-refractivity contribution in [3.05, 3.63) is 88.7 Å². The SMILES string of the molecule is Cc1ccc(N(Cc2ccnc3c(F)c(F)ccc23)c2cccc(Cl)c2)nn1. The number of pyridine rings is 1. The van der Waals surface area contributed by atoms with Crippen LogP contribution in [0, 0.1) is 18.6 Å². The Labute approximate surface area is 165 Å². The molecular weight excluding hydrogens is 382 g/mol. The van der Waals surface area contributed by atoms with Gasteiger partial charge in [0.25, 0.3) is 0 Å². The average Bonchev–Trinajstić information content (AvgIpc) is 2.70. The summed E-state index contributed by atoms with van der Waals surface area (Å²) in [7, 11) is 0. The minimum Gasteiger partial charge on any atom is -0.320 e. The molecule has 0 N–H and O–H groups in total. The Morgan fingerprint density at radius 2 is 1.86 bits per heavy atom. The molecule has 0 amide bonds. The van der Waals surface area contributed by atoms with Gasteiger partial charge in [-0.05, 0) is 61.0 Å². The van der Waals surface area contributed by atoms with Crippen LogP contribution in [0.15, 0.2) is 60.8 Å². The summed E-state index contributed by atoms with van der Waals surface area (Å²) >= 11 is 6.17. The summed E-state index contributed by atoms with van der Waals surface area (Å²) in [4.78, 5) is 5.91. The maximum absolute atomic E-state index is 14.2. The summed E-state index contributed by atoms with van der Waals surface area (Å²) in [6.07, 6.45) is 1.47. The molecule has 2 aromatic carbocycles. The molecule has 4 aromatic rings. The Kier molecular flexibility index (Phi) is 4.88. The smallest absolute Gasteiger partial charge is 0.184 e. The van der Waals surface area contributed by atoms with Gasteiger partial charge in [0.05, 0.1) is 12.2 Å². The van der Waals surface area contributed by atoms with Crippen molar-refractivity contribution in [3.63, 3.8) is 0 Å². The molecule has 0 atom stereocenters. The van der Waals surface area contributed by atoms with Crippen molar-refractivity contribution < 1.29 is 8.78 Å². The van der Waals surface area contributed by atoms with Crippen molar-refractivity contribution in [1.82, 2.24) is 15.2 Å². The highest BCUT2D eigenvalue weighted by Crippen LogP contribution is 2.30. The van der Waals surface area contributed by atoms with Gasteiger partial charge in [0.15, 0.2) is 17.5 Å². The van der Waals surface area contributed by atoms with Gasteiger partial charge in [0.1, 0.15) is 5.52 Å². The van der Waals surface area contributed by atoms with Gasteiger partial charge in [-0.2, -0.15) is 5.10 Å². The van der Waals surface area contributed by atoms with E-state index in [-0.39, 0.29) is 5.52 Å². The third-order valence-corrected chi connectivity index (χ3v) is 4.64. The van der Waals surface area contributed by atoms with E-state index in [4.69, 9.17) is 11.6 Å². The van der Waals surface area contributed by atoms with Crippen LogP contribution in [0.3, 0.4) is 0 Å². The number of hydrogen-bond donors (Lipinski definition) is 0. The van der Waals surface area contributed by atoms with E-state index in [0.717, 1.165) is 23.0 Å². The summed E-state index contributed by atoms with van der Waals surface area (Å²) in [6, 6.07) is 15.5. The molecule has 0 radical (unpaired) electrons.